The second-order valence-electron chi connectivity index (χ2n) is 8.96. The zero-order chi connectivity index (χ0) is 23.1. The number of hydrogen-bond donors (Lipinski definition) is 2. The monoisotopic (exact) mass is 449 g/mol. The summed E-state index contributed by atoms with van der Waals surface area (Å²) in [4.78, 5) is 28.6. The van der Waals surface area contributed by atoms with E-state index in [4.69, 9.17) is 5.26 Å². The molecule has 2 aliphatic heterocycles. The second kappa shape index (κ2) is 8.19. The number of likely N-dealkylation sites (tertiary alicyclic amines) is 1. The first-order valence-corrected chi connectivity index (χ1v) is 10.8. The lowest BCUT2D eigenvalue weighted by molar-refractivity contribution is -0.137. The summed E-state index contributed by atoms with van der Waals surface area (Å²) in [6, 6.07) is 5.34. The Hall–Kier alpha value is -2.96. The van der Waals surface area contributed by atoms with Gasteiger partial charge in [-0.25, -0.2) is 4.79 Å². The number of anilines is 1. The number of nitrogens with one attached hydrogen (secondary N) is 2. The zero-order valence-corrected chi connectivity index (χ0v) is 17.8. The van der Waals surface area contributed by atoms with E-state index in [1.807, 2.05) is 4.90 Å². The van der Waals surface area contributed by atoms with E-state index in [0.29, 0.717) is 44.7 Å². The topological polar surface area (TPSA) is 88.5 Å². The first-order chi connectivity index (χ1) is 15.2. The van der Waals surface area contributed by atoms with E-state index in [0.717, 1.165) is 18.9 Å². The van der Waals surface area contributed by atoms with Gasteiger partial charge in [-0.2, -0.15) is 18.4 Å². The molecule has 1 aromatic rings. The third-order valence-corrected chi connectivity index (χ3v) is 6.94. The highest BCUT2D eigenvalue weighted by atomic mass is 19.4. The number of carbonyl (C=O) groups is 2. The molecule has 1 unspecified atom stereocenters. The zero-order valence-electron chi connectivity index (χ0n) is 17.8. The van der Waals surface area contributed by atoms with Gasteiger partial charge in [0.1, 0.15) is 0 Å². The summed E-state index contributed by atoms with van der Waals surface area (Å²) >= 11 is 0. The standard InChI is InChI=1S/C22H26F3N5O2/c1-27-20(32)29-8-6-21(7-9-29)13-30(12-18(21)19(31)28-15-3-4-15)16-5-2-14(11-26)17(10-16)22(23,24)25/h2,5,10,15,18H,3-4,6-9,12-13H2,1H3,(H,27,32)(H,28,31). The number of benzene rings is 1. The van der Waals surface area contributed by atoms with Crippen LogP contribution < -0.4 is 15.5 Å². The van der Waals surface area contributed by atoms with Crippen molar-refractivity contribution in [3.8, 4) is 6.07 Å². The smallest absolute Gasteiger partial charge is 0.370 e. The van der Waals surface area contributed by atoms with Crippen LogP contribution in [-0.2, 0) is 11.0 Å². The molecule has 2 saturated heterocycles. The van der Waals surface area contributed by atoms with E-state index in [1.54, 1.807) is 18.0 Å². The van der Waals surface area contributed by atoms with Crippen LogP contribution in [0.3, 0.4) is 0 Å². The Morgan fingerprint density at radius 3 is 2.47 bits per heavy atom. The van der Waals surface area contributed by atoms with Gasteiger partial charge >= 0.3 is 12.2 Å². The summed E-state index contributed by atoms with van der Waals surface area (Å²) in [5.74, 6) is -0.437. The highest BCUT2D eigenvalue weighted by Crippen LogP contribution is 2.47. The van der Waals surface area contributed by atoms with Gasteiger partial charge in [-0.3, -0.25) is 4.79 Å². The third kappa shape index (κ3) is 4.20. The summed E-state index contributed by atoms with van der Waals surface area (Å²) in [7, 11) is 1.57. The van der Waals surface area contributed by atoms with Gasteiger partial charge in [0, 0.05) is 50.4 Å². The summed E-state index contributed by atoms with van der Waals surface area (Å²) in [5, 5.41) is 14.7. The molecule has 2 heterocycles. The lowest BCUT2D eigenvalue weighted by Crippen LogP contribution is -2.51. The van der Waals surface area contributed by atoms with E-state index in [-0.39, 0.29) is 23.9 Å². The molecule has 7 nitrogen and oxygen atoms in total. The van der Waals surface area contributed by atoms with Gasteiger partial charge in [-0.15, -0.1) is 0 Å². The number of carbonyl (C=O) groups excluding carboxylic acids is 2. The summed E-state index contributed by atoms with van der Waals surface area (Å²) < 4.78 is 40.4. The fraction of sp³-hybridized carbons (Fsp3) is 0.591. The van der Waals surface area contributed by atoms with Crippen LogP contribution in [-0.4, -0.2) is 56.1 Å². The van der Waals surface area contributed by atoms with Gasteiger partial charge in [0.2, 0.25) is 5.91 Å². The van der Waals surface area contributed by atoms with Crippen molar-refractivity contribution in [1.29, 1.82) is 5.26 Å². The molecule has 172 valence electrons. The van der Waals surface area contributed by atoms with E-state index < -0.39 is 22.7 Å². The Balaban J connectivity index is 1.61. The second-order valence-corrected chi connectivity index (χ2v) is 8.96. The molecule has 32 heavy (non-hydrogen) atoms. The molecule has 0 aromatic heterocycles. The molecule has 1 saturated carbocycles. The Labute approximate surface area is 184 Å². The highest BCUT2D eigenvalue weighted by molar-refractivity contribution is 5.82. The van der Waals surface area contributed by atoms with Gasteiger partial charge in [-0.05, 0) is 43.9 Å². The molecule has 4 rings (SSSR count). The molecule has 10 heteroatoms. The van der Waals surface area contributed by atoms with Crippen molar-refractivity contribution in [1.82, 2.24) is 15.5 Å². The Kier molecular flexibility index (Phi) is 5.69. The van der Waals surface area contributed by atoms with Crippen LogP contribution in [0.25, 0.3) is 0 Å². The molecular formula is C22H26F3N5O2. The van der Waals surface area contributed by atoms with E-state index in [1.165, 1.54) is 12.1 Å². The van der Waals surface area contributed by atoms with Gasteiger partial charge in [0.25, 0.3) is 0 Å². The predicted octanol–water partition coefficient (Wildman–Crippen LogP) is 2.71. The van der Waals surface area contributed by atoms with Gasteiger partial charge in [-0.1, -0.05) is 0 Å². The summed E-state index contributed by atoms with van der Waals surface area (Å²) in [6.07, 6.45) is -1.54. The van der Waals surface area contributed by atoms with Crippen LogP contribution in [0.1, 0.15) is 36.8 Å². The number of amides is 3. The molecule has 1 aliphatic carbocycles. The average molecular weight is 449 g/mol. The van der Waals surface area contributed by atoms with Crippen molar-refractivity contribution >= 4 is 17.6 Å². The van der Waals surface area contributed by atoms with Crippen LogP contribution in [0.2, 0.25) is 0 Å². The van der Waals surface area contributed by atoms with Crippen LogP contribution in [0.5, 0.6) is 0 Å². The Morgan fingerprint density at radius 1 is 1.22 bits per heavy atom. The molecule has 1 aromatic carbocycles. The number of halogens is 3. The van der Waals surface area contributed by atoms with E-state index >= 15 is 0 Å². The van der Waals surface area contributed by atoms with Crippen molar-refractivity contribution in [2.45, 2.75) is 37.9 Å². The molecule has 3 amide bonds. The SMILES string of the molecule is CNC(=O)N1CCC2(CC1)CN(c1ccc(C#N)c(C(F)(F)F)c1)CC2C(=O)NC1CC1. The van der Waals surface area contributed by atoms with Crippen molar-refractivity contribution in [2.75, 3.05) is 38.1 Å². The average Bonchev–Trinajstić information content (AvgIpc) is 3.51. The van der Waals surface area contributed by atoms with Crippen LogP contribution in [0.15, 0.2) is 18.2 Å². The molecule has 3 aliphatic rings. The molecule has 3 fully saturated rings. The van der Waals surface area contributed by atoms with Crippen LogP contribution in [0, 0.1) is 22.7 Å². The minimum Gasteiger partial charge on any atom is -0.370 e. The van der Waals surface area contributed by atoms with Crippen molar-refractivity contribution in [2.24, 2.45) is 11.3 Å². The molecular weight excluding hydrogens is 423 g/mol. The number of nitriles is 1. The van der Waals surface area contributed by atoms with Crippen LogP contribution >= 0.6 is 0 Å². The molecule has 0 bridgehead atoms. The fourth-order valence-electron chi connectivity index (χ4n) is 4.94. The maximum atomic E-state index is 13.5. The first-order valence-electron chi connectivity index (χ1n) is 10.8. The van der Waals surface area contributed by atoms with Gasteiger partial charge in [0.15, 0.2) is 0 Å². The lowest BCUT2D eigenvalue weighted by atomic mass is 9.70. The van der Waals surface area contributed by atoms with Crippen molar-refractivity contribution in [3.05, 3.63) is 29.3 Å². The number of alkyl halides is 3. The Morgan fingerprint density at radius 2 is 1.91 bits per heavy atom. The van der Waals surface area contributed by atoms with Crippen molar-refractivity contribution < 1.29 is 22.8 Å². The number of rotatable bonds is 3. The number of piperidine rings is 1. The fourth-order valence-corrected chi connectivity index (χ4v) is 4.94. The van der Waals surface area contributed by atoms with E-state index in [9.17, 15) is 22.8 Å². The lowest BCUT2D eigenvalue weighted by Gasteiger charge is -2.41. The largest absolute Gasteiger partial charge is 0.417 e. The van der Waals surface area contributed by atoms with E-state index in [2.05, 4.69) is 10.6 Å². The highest BCUT2D eigenvalue weighted by Gasteiger charge is 2.52. The number of urea groups is 1. The predicted molar refractivity (Wildman–Crippen MR) is 111 cm³/mol. The normalized spacial score (nSPS) is 22.5. The molecule has 1 atom stereocenters. The van der Waals surface area contributed by atoms with Gasteiger partial charge in [0.05, 0.1) is 23.1 Å². The molecule has 0 radical (unpaired) electrons. The summed E-state index contributed by atoms with van der Waals surface area (Å²) in [6.45, 7) is 1.71. The maximum absolute atomic E-state index is 13.5. The molecule has 1 spiro atoms. The number of hydrogen-bond acceptors (Lipinski definition) is 4. The third-order valence-electron chi connectivity index (χ3n) is 6.94. The minimum absolute atomic E-state index is 0.0620. The van der Waals surface area contributed by atoms with Gasteiger partial charge < -0.3 is 20.4 Å². The summed E-state index contributed by atoms with van der Waals surface area (Å²) in [5.41, 5.74) is -1.45. The minimum atomic E-state index is -4.64. The Bertz CT molecular complexity index is 946. The van der Waals surface area contributed by atoms with Crippen LogP contribution in [0.4, 0.5) is 23.7 Å². The maximum Gasteiger partial charge on any atom is 0.417 e. The molecule has 2 N–H and O–H groups in total. The first kappa shape index (κ1) is 22.2. The number of nitrogens with zero attached hydrogens (tertiary/aromatic N) is 3. The quantitative estimate of drug-likeness (QED) is 0.743. The van der Waals surface area contributed by atoms with Crippen molar-refractivity contribution in [3.63, 3.8) is 0 Å².